The van der Waals surface area contributed by atoms with Crippen molar-refractivity contribution in [2.75, 3.05) is 24.7 Å². The van der Waals surface area contributed by atoms with Crippen molar-refractivity contribution in [3.05, 3.63) is 343 Å². The molecule has 0 atom stereocenters. The first-order valence-corrected chi connectivity index (χ1v) is 46.3. The van der Waals surface area contributed by atoms with Crippen LogP contribution in [0.2, 0.25) is 5.82 Å². The number of halogens is 1. The van der Waals surface area contributed by atoms with E-state index >= 15 is 0 Å². The number of carbonyl (C=O) groups excluding carboxylic acids is 3. The zero-order valence-corrected chi connectivity index (χ0v) is 78.2. The Bertz CT molecular complexity index is 6340. The number of aromatic carboxylic acids is 1. The van der Waals surface area contributed by atoms with E-state index in [1.807, 2.05) is 56.3 Å². The molecule has 8 N–H and O–H groups in total. The van der Waals surface area contributed by atoms with Gasteiger partial charge in [-0.1, -0.05) is 170 Å². The van der Waals surface area contributed by atoms with E-state index in [-0.39, 0.29) is 82.6 Å². The Hall–Kier alpha value is -10.7. The Labute approximate surface area is 773 Å². The topological polar surface area (TPSA) is 314 Å². The number of nitrogens with one attached hydrogen (secondary N) is 2. The molecule has 4 heterocycles. The Morgan fingerprint density at radius 3 is 1.09 bits per heavy atom. The number of aromatic amines is 1. The maximum absolute atomic E-state index is 12.9. The van der Waals surface area contributed by atoms with E-state index < -0.39 is 32.8 Å². The van der Waals surface area contributed by atoms with Gasteiger partial charge in [-0.15, -0.1) is 12.4 Å². The Balaban J connectivity index is 0.000000166. The minimum absolute atomic E-state index is 0. The van der Waals surface area contributed by atoms with E-state index in [4.69, 9.17) is 25.3 Å². The van der Waals surface area contributed by atoms with Gasteiger partial charge in [0.1, 0.15) is 0 Å². The van der Waals surface area contributed by atoms with Crippen molar-refractivity contribution in [3.8, 4) is 0 Å². The van der Waals surface area contributed by atoms with Crippen molar-refractivity contribution in [2.45, 2.75) is 179 Å². The van der Waals surface area contributed by atoms with Gasteiger partial charge in [0.2, 0.25) is 0 Å². The second-order valence-corrected chi connectivity index (χ2v) is 37.3. The van der Waals surface area contributed by atoms with Crippen molar-refractivity contribution in [3.63, 3.8) is 0 Å². The number of hydrogen-bond donors (Lipinski definition) is 6. The third-order valence-electron chi connectivity index (χ3n) is 22.8. The number of aromatic nitrogens is 4. The van der Waals surface area contributed by atoms with Crippen LogP contribution in [0.1, 0.15) is 217 Å². The normalized spacial score (nSPS) is 13.2. The summed E-state index contributed by atoms with van der Waals surface area (Å²) < 4.78 is 64.2. The number of amides is 1. The van der Waals surface area contributed by atoms with Crippen molar-refractivity contribution >= 4 is 107 Å². The van der Waals surface area contributed by atoms with Gasteiger partial charge in [-0.25, -0.2) is 31.2 Å². The van der Waals surface area contributed by atoms with Crippen LogP contribution in [-0.2, 0) is 67.9 Å². The van der Waals surface area contributed by atoms with Gasteiger partial charge in [-0.3, -0.25) is 4.79 Å². The van der Waals surface area contributed by atoms with Gasteiger partial charge in [0.15, 0.2) is 19.7 Å². The summed E-state index contributed by atoms with van der Waals surface area (Å²) in [6.07, 6.45) is 12.8. The summed E-state index contributed by atoms with van der Waals surface area (Å²) in [5.74, 6) is -1.11. The van der Waals surface area contributed by atoms with Gasteiger partial charge >= 0.3 is 54.6 Å². The second-order valence-electron chi connectivity index (χ2n) is 32.8. The molecule has 25 heteroatoms. The predicted octanol–water partition coefficient (Wildman–Crippen LogP) is 17.3. The number of nitrogens with two attached hydrogens (primary N) is 1. The fourth-order valence-electron chi connectivity index (χ4n) is 15.2. The van der Waals surface area contributed by atoms with E-state index in [0.717, 1.165) is 87.9 Å². The first-order chi connectivity index (χ1) is 59.7. The van der Waals surface area contributed by atoms with Crippen LogP contribution >= 0.6 is 12.4 Å². The molecule has 0 aliphatic heterocycles. The summed E-state index contributed by atoms with van der Waals surface area (Å²) in [6.45, 7) is 16.9. The summed E-state index contributed by atoms with van der Waals surface area (Å²) in [4.78, 5) is 52.0. The molecule has 0 bridgehead atoms. The predicted molar refractivity (Wildman–Crippen MR) is 503 cm³/mol. The van der Waals surface area contributed by atoms with Gasteiger partial charge in [-0.05, 0) is 241 Å². The molecule has 127 heavy (non-hydrogen) atoms. The molecule has 20 nitrogen and oxygen atoms in total. The molecule has 0 unspecified atom stereocenters. The average molecular weight is 1780 g/mol. The largest absolute Gasteiger partial charge is 1.00 e. The number of sulfone groups is 2. The van der Waals surface area contributed by atoms with Crippen molar-refractivity contribution in [1.29, 1.82) is 0 Å². The first kappa shape index (κ1) is 98.5. The van der Waals surface area contributed by atoms with Crippen LogP contribution < -0.4 is 40.6 Å². The molecule has 658 valence electrons. The summed E-state index contributed by atoms with van der Waals surface area (Å²) in [6, 6.07) is 81.3. The molecule has 14 aromatic rings. The number of esters is 2. The first-order valence-electron chi connectivity index (χ1n) is 43.0. The molecular weight excluding hydrogens is 1670 g/mol. The molecule has 0 radical (unpaired) electrons. The molecule has 4 fully saturated rings. The molecule has 0 saturated heterocycles. The Kier molecular flexibility index (Phi) is 34.8. The van der Waals surface area contributed by atoms with E-state index in [1.165, 1.54) is 111 Å². The van der Waals surface area contributed by atoms with Crippen LogP contribution in [0.5, 0.6) is 0 Å². The molecule has 4 saturated carbocycles. The van der Waals surface area contributed by atoms with Crippen LogP contribution in [0.25, 0.3) is 43.6 Å². The fraction of sp³-hybridized carbons (Fsp3) is 0.294. The van der Waals surface area contributed by atoms with Crippen LogP contribution in [0, 0.1) is 27.7 Å². The smallest absolute Gasteiger partial charge is 0.870 e. The Morgan fingerprint density at radius 1 is 0.425 bits per heavy atom. The number of fused-ring (bicyclic) bond motifs is 4. The monoisotopic (exact) mass is 1780 g/mol. The van der Waals surface area contributed by atoms with Crippen LogP contribution in [0.15, 0.2) is 252 Å². The number of aryl methyl sites for hydroxylation is 4. The van der Waals surface area contributed by atoms with Crippen LogP contribution in [0.3, 0.4) is 0 Å². The maximum Gasteiger partial charge on any atom is 1.00 e. The molecule has 10 aromatic carbocycles. The summed E-state index contributed by atoms with van der Waals surface area (Å²) >= 11 is 0. The minimum atomic E-state index is -3.22. The number of H-pyrrole nitrogens is 1. The number of carboxylic acids is 1. The molecular formula is C102H113BClN6NaO14S2. The van der Waals surface area contributed by atoms with Crippen molar-refractivity contribution in [1.82, 2.24) is 24.0 Å². The summed E-state index contributed by atoms with van der Waals surface area (Å²) in [5, 5.41) is 32.9. The van der Waals surface area contributed by atoms with Crippen molar-refractivity contribution < 1.29 is 95.7 Å². The standard InChI is InChI=1S/C29H30N2O3S.C22H23NO2.C20H19NO2.C19H19NO2.C9H13NO2S.C3H7BO2.ClH.Na.H2O/c1-3-35(33,34)27-13-8-22(9-14-27)19-30-29(32)23-10-15-28-24(17-23)18-26(31(28)25-11-12-25)16-21-6-4-20(2)5-7-21;1-3-25-22(24)17-8-11-21-18(13-17)14-20(23(21)19-9-10-19)12-16-6-4-15(2)5-7-16;1-13-2-4-14(5-3-13)10-18-12-16-11-15(20(22)23)6-9-19(16)21(18)17-7-8-17;1-3-22-19(21)15-8-9-18-16(11-15)12-17(20-18)10-14-6-4-13(2)5-7-14;1-2-13(11,12)9-5-3-8(7-10)4-6-9;5-4(6)3-1-2-3;;;/h4-10,13-15,17-18,25H,3,11-12,16,19H2,1-2H3,(H,30,32);4-8,11,13-14,19H,3,9-10,12H2,1-2H3;2-6,9,11-12,17H,7-8,10H2,1H3,(H,22,23);4-9,11-12,20H,3,10H2,1-2H3;3-6H,2,7,10H2,1H3;3,5-6H,1-2H2;1H;;1H2/q;;;;;;;+1;/p-1. The van der Waals surface area contributed by atoms with Crippen LogP contribution in [0.4, 0.5) is 0 Å². The van der Waals surface area contributed by atoms with Gasteiger partial charge in [0.05, 0.1) is 51.2 Å². The third-order valence-corrected chi connectivity index (χ3v) is 26.3. The SMILES string of the molecule is CCOC(=O)c1ccc2[nH]c(Cc3ccc(C)cc3)cc2c1.CCOC(=O)c1ccc2c(c1)cc(Cc1ccc(C)cc1)n2C1CC1.CCS(=O)(=O)c1ccc(CN)cc1.CCS(=O)(=O)c1ccc(CNC(=O)c2ccc3c(c2)cc(Cc2ccc(C)cc2)n3C2CC2)cc1.Cc1ccc(Cc2cc3cc(C(=O)O)ccc3n2C2CC2)cc1.Cl.OB(O)C1CC1.[Na+].[OH-]. The van der Waals surface area contributed by atoms with Gasteiger partial charge < -0.3 is 59.8 Å². The second kappa shape index (κ2) is 44.9. The van der Waals surface area contributed by atoms with Crippen LogP contribution in [-0.4, -0.2) is 112 Å². The van der Waals surface area contributed by atoms with E-state index in [9.17, 15) is 41.1 Å². The molecule has 1 amide bonds. The number of benzene rings is 10. The van der Waals surface area contributed by atoms with Gasteiger partial charge in [0.25, 0.3) is 5.91 Å². The molecule has 4 aliphatic carbocycles. The number of rotatable bonds is 25. The zero-order chi connectivity index (χ0) is 87.9. The van der Waals surface area contributed by atoms with E-state index in [2.05, 4.69) is 185 Å². The molecule has 4 aliphatic rings. The Morgan fingerprint density at radius 2 is 0.756 bits per heavy atom. The van der Waals surface area contributed by atoms with Crippen molar-refractivity contribution in [2.24, 2.45) is 5.73 Å². The molecule has 0 spiro atoms. The maximum atomic E-state index is 12.9. The summed E-state index contributed by atoms with van der Waals surface area (Å²) in [7, 11) is -7.33. The average Bonchev–Trinajstić information content (AvgIpc) is 1.62. The van der Waals surface area contributed by atoms with E-state index in [0.29, 0.717) is 76.5 Å². The fourth-order valence-corrected chi connectivity index (χ4v) is 16.9. The zero-order valence-electron chi connectivity index (χ0n) is 73.7. The number of ether oxygens (including phenoxy) is 2. The molecule has 4 aromatic heterocycles. The van der Waals surface area contributed by atoms with Gasteiger partial charge in [0, 0.05) is 129 Å². The quantitative estimate of drug-likeness (QED) is 0.0229. The number of hydrogen-bond acceptors (Lipinski definition) is 14. The number of carboxylic acid groups (broad SMARTS) is 1. The minimum Gasteiger partial charge on any atom is -0.870 e. The number of nitrogens with zero attached hydrogens (tertiary/aromatic N) is 3. The summed E-state index contributed by atoms with van der Waals surface area (Å²) in [5.41, 5.74) is 29.2. The van der Waals surface area contributed by atoms with E-state index in [1.54, 1.807) is 80.6 Å². The number of carbonyl (C=O) groups is 4. The van der Waals surface area contributed by atoms with Gasteiger partial charge in [-0.2, -0.15) is 0 Å². The third kappa shape index (κ3) is 26.5. The molecule has 18 rings (SSSR count).